The lowest BCUT2D eigenvalue weighted by Crippen LogP contribution is -2.28. The first-order valence-corrected chi connectivity index (χ1v) is 7.62. The summed E-state index contributed by atoms with van der Waals surface area (Å²) in [5.74, 6) is 1.39. The van der Waals surface area contributed by atoms with Crippen molar-refractivity contribution in [3.05, 3.63) is 28.8 Å². The molecule has 0 spiro atoms. The second-order valence-corrected chi connectivity index (χ2v) is 5.31. The first-order chi connectivity index (χ1) is 9.17. The molecule has 1 unspecified atom stereocenters. The van der Waals surface area contributed by atoms with Crippen LogP contribution in [0.5, 0.6) is 5.75 Å². The Balaban J connectivity index is 3.01. The molecule has 0 saturated heterocycles. The molecule has 0 radical (unpaired) electrons. The van der Waals surface area contributed by atoms with E-state index in [9.17, 15) is 0 Å². The van der Waals surface area contributed by atoms with Gasteiger partial charge in [0.15, 0.2) is 0 Å². The van der Waals surface area contributed by atoms with Crippen LogP contribution in [0.3, 0.4) is 0 Å². The van der Waals surface area contributed by atoms with Crippen LogP contribution in [-0.4, -0.2) is 13.7 Å². The zero-order valence-electron chi connectivity index (χ0n) is 12.5. The topological polar surface area (TPSA) is 21.3 Å². The molecule has 0 aliphatic rings. The molecule has 0 saturated carbocycles. The number of ether oxygens (including phenoxy) is 1. The maximum Gasteiger partial charge on any atom is 0.137 e. The summed E-state index contributed by atoms with van der Waals surface area (Å²) in [7, 11) is 1.66. The third-order valence-corrected chi connectivity index (χ3v) is 3.98. The molecule has 3 heteroatoms. The number of halogens is 1. The molecule has 0 heterocycles. The summed E-state index contributed by atoms with van der Waals surface area (Å²) in [5, 5.41) is 4.33. The smallest absolute Gasteiger partial charge is 0.137 e. The Bertz CT molecular complexity index is 377. The molecular formula is C16H26ClNO. The summed E-state index contributed by atoms with van der Waals surface area (Å²) in [6.45, 7) is 7.73. The number of methoxy groups -OCH3 is 1. The normalized spacial score (nSPS) is 12.7. The summed E-state index contributed by atoms with van der Waals surface area (Å²) in [6.07, 6.45) is 3.48. The van der Waals surface area contributed by atoms with E-state index in [0.717, 1.165) is 18.7 Å². The van der Waals surface area contributed by atoms with E-state index in [0.29, 0.717) is 17.0 Å². The lowest BCUT2D eigenvalue weighted by Gasteiger charge is -2.27. The predicted molar refractivity (Wildman–Crippen MR) is 83.1 cm³/mol. The van der Waals surface area contributed by atoms with Crippen LogP contribution in [0.1, 0.15) is 51.6 Å². The van der Waals surface area contributed by atoms with Crippen LogP contribution in [0.2, 0.25) is 5.02 Å². The molecule has 1 aromatic carbocycles. The summed E-state index contributed by atoms with van der Waals surface area (Å²) >= 11 is 6.11. The van der Waals surface area contributed by atoms with Gasteiger partial charge in [0, 0.05) is 6.04 Å². The molecule has 0 amide bonds. The standard InChI is InChI=1S/C16H26ClNO/c1-5-10-18-16(12(6-2)7-3)13-8-9-14(17)15(11-13)19-4/h8-9,11-12,16,18H,5-7,10H2,1-4H3. The van der Waals surface area contributed by atoms with E-state index in [1.54, 1.807) is 7.11 Å². The minimum absolute atomic E-state index is 0.376. The van der Waals surface area contributed by atoms with Crippen LogP contribution < -0.4 is 10.1 Å². The maximum absolute atomic E-state index is 6.11. The van der Waals surface area contributed by atoms with E-state index in [1.807, 2.05) is 6.07 Å². The van der Waals surface area contributed by atoms with E-state index < -0.39 is 0 Å². The van der Waals surface area contributed by atoms with Crippen LogP contribution in [0.25, 0.3) is 0 Å². The lowest BCUT2D eigenvalue weighted by molar-refractivity contribution is 0.339. The van der Waals surface area contributed by atoms with Gasteiger partial charge in [-0.25, -0.2) is 0 Å². The van der Waals surface area contributed by atoms with Crippen LogP contribution in [0.15, 0.2) is 18.2 Å². The van der Waals surface area contributed by atoms with Gasteiger partial charge < -0.3 is 10.1 Å². The Kier molecular flexibility index (Phi) is 7.25. The number of hydrogen-bond donors (Lipinski definition) is 1. The third kappa shape index (κ3) is 4.39. The molecule has 1 N–H and O–H groups in total. The van der Waals surface area contributed by atoms with Gasteiger partial charge >= 0.3 is 0 Å². The number of rotatable bonds is 8. The predicted octanol–water partition coefficient (Wildman–Crippen LogP) is 4.83. The monoisotopic (exact) mass is 283 g/mol. The molecular weight excluding hydrogens is 258 g/mol. The van der Waals surface area contributed by atoms with Crippen LogP contribution >= 0.6 is 11.6 Å². The first kappa shape index (κ1) is 16.3. The van der Waals surface area contributed by atoms with Crippen molar-refractivity contribution in [2.75, 3.05) is 13.7 Å². The Morgan fingerprint density at radius 3 is 2.42 bits per heavy atom. The van der Waals surface area contributed by atoms with Gasteiger partial charge in [0.05, 0.1) is 12.1 Å². The summed E-state index contributed by atoms with van der Waals surface area (Å²) in [4.78, 5) is 0. The van der Waals surface area contributed by atoms with Gasteiger partial charge in [0.25, 0.3) is 0 Å². The second kappa shape index (κ2) is 8.44. The average molecular weight is 284 g/mol. The molecule has 0 aliphatic heterocycles. The fourth-order valence-electron chi connectivity index (χ4n) is 2.49. The highest BCUT2D eigenvalue weighted by Crippen LogP contribution is 2.32. The highest BCUT2D eigenvalue weighted by atomic mass is 35.5. The molecule has 0 aromatic heterocycles. The molecule has 2 nitrogen and oxygen atoms in total. The first-order valence-electron chi connectivity index (χ1n) is 7.24. The molecule has 0 fully saturated rings. The van der Waals surface area contributed by atoms with Crippen molar-refractivity contribution in [3.8, 4) is 5.75 Å². The molecule has 0 aliphatic carbocycles. The van der Waals surface area contributed by atoms with Crippen molar-refractivity contribution in [2.45, 2.75) is 46.1 Å². The number of nitrogens with one attached hydrogen (secondary N) is 1. The van der Waals surface area contributed by atoms with Crippen LogP contribution in [0, 0.1) is 5.92 Å². The summed E-state index contributed by atoms with van der Waals surface area (Å²) in [6, 6.07) is 6.48. The molecule has 1 atom stereocenters. The van der Waals surface area contributed by atoms with Gasteiger partial charge in [0.2, 0.25) is 0 Å². The van der Waals surface area contributed by atoms with E-state index in [-0.39, 0.29) is 0 Å². The second-order valence-electron chi connectivity index (χ2n) is 4.90. The highest BCUT2D eigenvalue weighted by Gasteiger charge is 2.20. The van der Waals surface area contributed by atoms with E-state index >= 15 is 0 Å². The summed E-state index contributed by atoms with van der Waals surface area (Å²) < 4.78 is 5.33. The van der Waals surface area contributed by atoms with Crippen molar-refractivity contribution in [1.29, 1.82) is 0 Å². The van der Waals surface area contributed by atoms with Crippen molar-refractivity contribution in [3.63, 3.8) is 0 Å². The summed E-state index contributed by atoms with van der Waals surface area (Å²) in [5.41, 5.74) is 1.27. The fourth-order valence-corrected chi connectivity index (χ4v) is 2.68. The van der Waals surface area contributed by atoms with Crippen LogP contribution in [-0.2, 0) is 0 Å². The SMILES string of the molecule is CCCNC(c1ccc(Cl)c(OC)c1)C(CC)CC. The average Bonchev–Trinajstić information content (AvgIpc) is 2.44. The van der Waals surface area contributed by atoms with Gasteiger partial charge in [-0.3, -0.25) is 0 Å². The van der Waals surface area contributed by atoms with Gasteiger partial charge in [-0.15, -0.1) is 0 Å². The van der Waals surface area contributed by atoms with Crippen molar-refractivity contribution < 1.29 is 4.74 Å². The van der Waals surface area contributed by atoms with Crippen molar-refractivity contribution in [1.82, 2.24) is 5.32 Å². The van der Waals surface area contributed by atoms with Gasteiger partial charge in [-0.1, -0.05) is 51.3 Å². The highest BCUT2D eigenvalue weighted by molar-refractivity contribution is 6.32. The van der Waals surface area contributed by atoms with Gasteiger partial charge in [0.1, 0.15) is 5.75 Å². The van der Waals surface area contributed by atoms with E-state index in [1.165, 1.54) is 18.4 Å². The van der Waals surface area contributed by atoms with Crippen LogP contribution in [0.4, 0.5) is 0 Å². The van der Waals surface area contributed by atoms with Gasteiger partial charge in [-0.05, 0) is 36.6 Å². The third-order valence-electron chi connectivity index (χ3n) is 3.67. The Hall–Kier alpha value is -0.730. The fraction of sp³-hybridized carbons (Fsp3) is 0.625. The molecule has 108 valence electrons. The quantitative estimate of drug-likeness (QED) is 0.738. The number of hydrogen-bond acceptors (Lipinski definition) is 2. The maximum atomic E-state index is 6.11. The largest absolute Gasteiger partial charge is 0.495 e. The minimum atomic E-state index is 0.376. The molecule has 1 aromatic rings. The van der Waals surface area contributed by atoms with Gasteiger partial charge in [-0.2, -0.15) is 0 Å². The van der Waals surface area contributed by atoms with Crippen molar-refractivity contribution in [2.24, 2.45) is 5.92 Å². The Morgan fingerprint density at radius 1 is 1.21 bits per heavy atom. The zero-order chi connectivity index (χ0) is 14.3. The minimum Gasteiger partial charge on any atom is -0.495 e. The molecule has 1 rings (SSSR count). The molecule has 0 bridgehead atoms. The molecule has 19 heavy (non-hydrogen) atoms. The number of benzene rings is 1. The Labute approximate surface area is 122 Å². The van der Waals surface area contributed by atoms with E-state index in [2.05, 4.69) is 38.2 Å². The lowest BCUT2D eigenvalue weighted by atomic mass is 9.88. The zero-order valence-corrected chi connectivity index (χ0v) is 13.3. The Morgan fingerprint density at radius 2 is 1.89 bits per heavy atom. The van der Waals surface area contributed by atoms with E-state index in [4.69, 9.17) is 16.3 Å². The van der Waals surface area contributed by atoms with Crippen molar-refractivity contribution >= 4 is 11.6 Å².